The number of alkyl halides is 2. The lowest BCUT2D eigenvalue weighted by molar-refractivity contribution is -0.122. The van der Waals surface area contributed by atoms with E-state index in [0.717, 1.165) is 5.69 Å². The molecule has 0 aliphatic heterocycles. The van der Waals surface area contributed by atoms with Crippen LogP contribution < -0.4 is 10.2 Å². The second kappa shape index (κ2) is 9.47. The molecule has 1 aromatic carbocycles. The fourth-order valence-electron chi connectivity index (χ4n) is 2.04. The number of carbonyl (C=O) groups excluding carboxylic acids is 1. The monoisotopic (exact) mass is 343 g/mol. The molecule has 3 atom stereocenters. The SMILES string of the molecule is CCC(Cl)C(=O)NC(CF)C(O)c1ccc(N(C)C=NC)cc1. The summed E-state index contributed by atoms with van der Waals surface area (Å²) in [6.07, 6.45) is 0.938. The minimum atomic E-state index is -1.15. The largest absolute Gasteiger partial charge is 0.386 e. The Morgan fingerprint density at radius 2 is 2.09 bits per heavy atom. The number of halogens is 2. The molecule has 1 amide bonds. The number of carbonyl (C=O) groups is 1. The van der Waals surface area contributed by atoms with Gasteiger partial charge in [-0.05, 0) is 24.1 Å². The summed E-state index contributed by atoms with van der Waals surface area (Å²) in [5, 5.41) is 12.0. The summed E-state index contributed by atoms with van der Waals surface area (Å²) < 4.78 is 13.2. The highest BCUT2D eigenvalue weighted by atomic mass is 35.5. The normalized spacial score (nSPS) is 15.2. The Bertz CT molecular complexity index is 525. The number of aliphatic hydroxyl groups excluding tert-OH is 1. The van der Waals surface area contributed by atoms with E-state index >= 15 is 0 Å². The van der Waals surface area contributed by atoms with Crippen LogP contribution in [-0.4, -0.2) is 49.5 Å². The van der Waals surface area contributed by atoms with Gasteiger partial charge in [0.1, 0.15) is 18.2 Å². The van der Waals surface area contributed by atoms with Crippen LogP contribution in [0.2, 0.25) is 0 Å². The van der Waals surface area contributed by atoms with Gasteiger partial charge in [-0.2, -0.15) is 0 Å². The maximum Gasteiger partial charge on any atom is 0.238 e. The summed E-state index contributed by atoms with van der Waals surface area (Å²) in [6.45, 7) is 0.872. The average molecular weight is 344 g/mol. The highest BCUT2D eigenvalue weighted by molar-refractivity contribution is 6.30. The van der Waals surface area contributed by atoms with Crippen LogP contribution in [0.5, 0.6) is 0 Å². The second-order valence-electron chi connectivity index (χ2n) is 5.17. The number of benzene rings is 1. The summed E-state index contributed by atoms with van der Waals surface area (Å²) in [6, 6.07) is 5.91. The zero-order valence-electron chi connectivity index (χ0n) is 13.5. The van der Waals surface area contributed by atoms with Gasteiger partial charge in [-0.1, -0.05) is 19.1 Å². The number of rotatable bonds is 8. The predicted octanol–water partition coefficient (Wildman–Crippen LogP) is 2.29. The van der Waals surface area contributed by atoms with Gasteiger partial charge in [0.2, 0.25) is 5.91 Å². The van der Waals surface area contributed by atoms with Gasteiger partial charge in [0.15, 0.2) is 0 Å². The van der Waals surface area contributed by atoms with Crippen LogP contribution in [0.3, 0.4) is 0 Å². The van der Waals surface area contributed by atoms with Crippen molar-refractivity contribution in [2.75, 3.05) is 25.7 Å². The lowest BCUT2D eigenvalue weighted by Crippen LogP contribution is -2.44. The van der Waals surface area contributed by atoms with Crippen molar-refractivity contribution in [1.82, 2.24) is 5.32 Å². The number of hydrogen-bond donors (Lipinski definition) is 2. The fourth-order valence-corrected chi connectivity index (χ4v) is 2.10. The molecule has 0 aliphatic rings. The Balaban J connectivity index is 2.81. The number of amides is 1. The number of anilines is 1. The molecule has 0 bridgehead atoms. The maximum absolute atomic E-state index is 13.2. The van der Waals surface area contributed by atoms with Crippen LogP contribution in [0.25, 0.3) is 0 Å². The Kier molecular flexibility index (Phi) is 7.98. The molecule has 5 nitrogen and oxygen atoms in total. The van der Waals surface area contributed by atoms with Crippen LogP contribution in [0.4, 0.5) is 10.1 Å². The molecule has 3 unspecified atom stereocenters. The first-order valence-corrected chi connectivity index (χ1v) is 7.81. The second-order valence-corrected chi connectivity index (χ2v) is 5.69. The molecule has 0 fully saturated rings. The van der Waals surface area contributed by atoms with Crippen molar-refractivity contribution in [2.45, 2.75) is 30.9 Å². The van der Waals surface area contributed by atoms with Crippen molar-refractivity contribution in [1.29, 1.82) is 0 Å². The van der Waals surface area contributed by atoms with Gasteiger partial charge >= 0.3 is 0 Å². The molecule has 0 saturated heterocycles. The van der Waals surface area contributed by atoms with E-state index in [1.165, 1.54) is 0 Å². The highest BCUT2D eigenvalue weighted by Gasteiger charge is 2.25. The smallest absolute Gasteiger partial charge is 0.238 e. The van der Waals surface area contributed by atoms with E-state index in [4.69, 9.17) is 11.6 Å². The molecule has 2 N–H and O–H groups in total. The molecule has 7 heteroatoms. The summed E-state index contributed by atoms with van der Waals surface area (Å²) in [5.74, 6) is -0.480. The first-order chi connectivity index (χ1) is 10.9. The van der Waals surface area contributed by atoms with Crippen molar-refractivity contribution in [3.05, 3.63) is 29.8 Å². The summed E-state index contributed by atoms with van der Waals surface area (Å²) in [7, 11) is 3.51. The third-order valence-corrected chi connectivity index (χ3v) is 3.96. The lowest BCUT2D eigenvalue weighted by atomic mass is 10.0. The van der Waals surface area contributed by atoms with Gasteiger partial charge in [-0.25, -0.2) is 4.39 Å². The number of aliphatic imine (C=N–C) groups is 1. The minimum Gasteiger partial charge on any atom is -0.386 e. The molecule has 0 aliphatic carbocycles. The Morgan fingerprint density at radius 3 is 2.57 bits per heavy atom. The zero-order valence-corrected chi connectivity index (χ0v) is 14.3. The van der Waals surface area contributed by atoms with E-state index in [-0.39, 0.29) is 0 Å². The Hall–Kier alpha value is -1.66. The van der Waals surface area contributed by atoms with Crippen LogP contribution in [-0.2, 0) is 4.79 Å². The fraction of sp³-hybridized carbons (Fsp3) is 0.500. The van der Waals surface area contributed by atoms with Gasteiger partial charge in [0.05, 0.1) is 12.4 Å². The van der Waals surface area contributed by atoms with Gasteiger partial charge < -0.3 is 15.3 Å². The maximum atomic E-state index is 13.2. The molecule has 0 heterocycles. The van der Waals surface area contributed by atoms with Crippen molar-refractivity contribution in [3.63, 3.8) is 0 Å². The average Bonchev–Trinajstić information content (AvgIpc) is 2.58. The molecular formula is C16H23ClFN3O2. The molecule has 0 saturated carbocycles. The molecule has 0 spiro atoms. The van der Waals surface area contributed by atoms with Crippen molar-refractivity contribution < 1.29 is 14.3 Å². The van der Waals surface area contributed by atoms with Crippen molar-refractivity contribution in [3.8, 4) is 0 Å². The highest BCUT2D eigenvalue weighted by Crippen LogP contribution is 2.21. The van der Waals surface area contributed by atoms with E-state index in [0.29, 0.717) is 12.0 Å². The number of hydrogen-bond acceptors (Lipinski definition) is 3. The van der Waals surface area contributed by atoms with Crippen LogP contribution in [0.15, 0.2) is 29.3 Å². The molecule has 128 valence electrons. The van der Waals surface area contributed by atoms with E-state index in [1.54, 1.807) is 44.6 Å². The summed E-state index contributed by atoms with van der Waals surface area (Å²) in [4.78, 5) is 17.5. The van der Waals surface area contributed by atoms with E-state index in [9.17, 15) is 14.3 Å². The van der Waals surface area contributed by atoms with E-state index < -0.39 is 30.1 Å². The van der Waals surface area contributed by atoms with Gasteiger partial charge in [0, 0.05) is 19.8 Å². The van der Waals surface area contributed by atoms with Crippen molar-refractivity contribution >= 4 is 29.5 Å². The molecule has 0 aromatic heterocycles. The third kappa shape index (κ3) is 5.48. The van der Waals surface area contributed by atoms with Gasteiger partial charge in [0.25, 0.3) is 0 Å². The van der Waals surface area contributed by atoms with Gasteiger partial charge in [-0.15, -0.1) is 11.6 Å². The predicted molar refractivity (Wildman–Crippen MR) is 92.1 cm³/mol. The quantitative estimate of drug-likeness (QED) is 0.432. The van der Waals surface area contributed by atoms with Crippen molar-refractivity contribution in [2.24, 2.45) is 4.99 Å². The van der Waals surface area contributed by atoms with Crippen LogP contribution >= 0.6 is 11.6 Å². The number of nitrogens with zero attached hydrogens (tertiary/aromatic N) is 2. The van der Waals surface area contributed by atoms with Gasteiger partial charge in [-0.3, -0.25) is 9.79 Å². The third-order valence-electron chi connectivity index (χ3n) is 3.45. The molecule has 1 aromatic rings. The Morgan fingerprint density at radius 1 is 1.48 bits per heavy atom. The molecular weight excluding hydrogens is 321 g/mol. The van der Waals surface area contributed by atoms with Crippen LogP contribution in [0, 0.1) is 0 Å². The summed E-state index contributed by atoms with van der Waals surface area (Å²) >= 11 is 5.82. The minimum absolute atomic E-state index is 0.433. The first kappa shape index (κ1) is 19.4. The van der Waals surface area contributed by atoms with Crippen LogP contribution in [0.1, 0.15) is 25.0 Å². The van der Waals surface area contributed by atoms with E-state index in [2.05, 4.69) is 10.3 Å². The topological polar surface area (TPSA) is 64.9 Å². The Labute approximate surface area is 141 Å². The molecule has 0 radical (unpaired) electrons. The zero-order chi connectivity index (χ0) is 17.4. The molecule has 1 rings (SSSR count). The molecule has 23 heavy (non-hydrogen) atoms. The lowest BCUT2D eigenvalue weighted by Gasteiger charge is -2.23. The van der Waals surface area contributed by atoms with E-state index in [1.807, 2.05) is 11.9 Å². The first-order valence-electron chi connectivity index (χ1n) is 7.38. The summed E-state index contributed by atoms with van der Waals surface area (Å²) in [5.41, 5.74) is 1.39. The number of nitrogens with one attached hydrogen (secondary N) is 1. The number of aliphatic hydroxyl groups is 1. The standard InChI is InChI=1S/C16H23ClFN3O2/c1-4-13(17)16(23)20-14(9-18)15(22)11-5-7-12(8-6-11)21(3)10-19-2/h5-8,10,13-15,22H,4,9H2,1-3H3,(H,20,23).